The topological polar surface area (TPSA) is 81.3 Å². The highest BCUT2D eigenvalue weighted by atomic mass is 32.2. The molecular formula is C20H18N4O3S. The fourth-order valence-corrected chi connectivity index (χ4v) is 3.47. The molecule has 0 aliphatic carbocycles. The predicted molar refractivity (Wildman–Crippen MR) is 107 cm³/mol. The van der Waals surface area contributed by atoms with Crippen LogP contribution in [-0.2, 0) is 4.79 Å². The second-order valence-electron chi connectivity index (χ2n) is 5.97. The van der Waals surface area contributed by atoms with E-state index in [-0.39, 0.29) is 5.91 Å². The van der Waals surface area contributed by atoms with Crippen LogP contribution in [0.4, 0.5) is 5.69 Å². The van der Waals surface area contributed by atoms with Gasteiger partial charge in [-0.2, -0.15) is 4.98 Å². The highest BCUT2D eigenvalue weighted by Crippen LogP contribution is 2.39. The standard InChI is InChI=1S/C20H18N4O3S/c1-3-28-20-21-19-18(22-23-20)15-8-4-5-9-16(15)24(13(2)25)17(27-19)11-10-14-7-6-12-26-14/h4-12,17H,3H2,1-2H3/b11-10+/t17-/m0/s1. The minimum absolute atomic E-state index is 0.162. The van der Waals surface area contributed by atoms with Crippen LogP contribution in [0.2, 0.25) is 0 Å². The predicted octanol–water partition coefficient (Wildman–Crippen LogP) is 4.03. The Balaban J connectivity index is 1.85. The molecule has 0 saturated carbocycles. The molecule has 1 atom stereocenters. The number of aromatic nitrogens is 3. The molecule has 4 rings (SSSR count). The van der Waals surface area contributed by atoms with Gasteiger partial charge in [0, 0.05) is 12.5 Å². The summed E-state index contributed by atoms with van der Waals surface area (Å²) in [5.41, 5.74) is 1.95. The summed E-state index contributed by atoms with van der Waals surface area (Å²) >= 11 is 1.48. The molecular weight excluding hydrogens is 376 g/mol. The van der Waals surface area contributed by atoms with Crippen LogP contribution in [-0.4, -0.2) is 33.1 Å². The lowest BCUT2D eigenvalue weighted by Crippen LogP contribution is -2.41. The van der Waals surface area contributed by atoms with Crippen molar-refractivity contribution < 1.29 is 13.9 Å². The Bertz CT molecular complexity index is 1020. The number of hydrogen-bond donors (Lipinski definition) is 0. The maximum atomic E-state index is 12.5. The third-order valence-corrected chi connectivity index (χ3v) is 4.84. The second kappa shape index (κ2) is 7.85. The molecule has 2 aromatic heterocycles. The number of para-hydroxylation sites is 1. The summed E-state index contributed by atoms with van der Waals surface area (Å²) in [6.07, 6.45) is 4.42. The van der Waals surface area contributed by atoms with Gasteiger partial charge in [-0.05, 0) is 36.1 Å². The highest BCUT2D eigenvalue weighted by molar-refractivity contribution is 7.99. The van der Waals surface area contributed by atoms with Gasteiger partial charge in [-0.25, -0.2) is 0 Å². The Labute approximate surface area is 166 Å². The van der Waals surface area contributed by atoms with E-state index >= 15 is 0 Å². The first-order valence-corrected chi connectivity index (χ1v) is 9.81. The summed E-state index contributed by atoms with van der Waals surface area (Å²) in [5.74, 6) is 1.66. The van der Waals surface area contributed by atoms with Crippen molar-refractivity contribution in [1.29, 1.82) is 0 Å². The first-order chi connectivity index (χ1) is 13.7. The smallest absolute Gasteiger partial charge is 0.247 e. The number of hydrogen-bond acceptors (Lipinski definition) is 7. The molecule has 0 spiro atoms. The molecule has 0 N–H and O–H groups in total. The molecule has 28 heavy (non-hydrogen) atoms. The number of carbonyl (C=O) groups excluding carboxylic acids is 1. The zero-order valence-electron chi connectivity index (χ0n) is 15.4. The van der Waals surface area contributed by atoms with Crippen LogP contribution in [0.5, 0.6) is 5.88 Å². The SMILES string of the molecule is CCSc1nnc2c(n1)O[C@@H](/C=C/c1ccco1)N(C(C)=O)c1ccccc1-2. The van der Waals surface area contributed by atoms with Crippen molar-refractivity contribution in [3.63, 3.8) is 0 Å². The molecule has 0 fully saturated rings. The Morgan fingerprint density at radius 2 is 2.11 bits per heavy atom. The monoisotopic (exact) mass is 394 g/mol. The molecule has 0 radical (unpaired) electrons. The van der Waals surface area contributed by atoms with Crippen LogP contribution in [0, 0.1) is 0 Å². The summed E-state index contributed by atoms with van der Waals surface area (Å²) in [6.45, 7) is 3.52. The van der Waals surface area contributed by atoms with E-state index in [2.05, 4.69) is 15.2 Å². The second-order valence-corrected chi connectivity index (χ2v) is 7.20. The van der Waals surface area contributed by atoms with E-state index in [1.807, 2.05) is 37.3 Å². The molecule has 0 saturated heterocycles. The quantitative estimate of drug-likeness (QED) is 0.618. The Kier molecular flexibility index (Phi) is 5.12. The van der Waals surface area contributed by atoms with Gasteiger partial charge in [0.25, 0.3) is 0 Å². The lowest BCUT2D eigenvalue weighted by molar-refractivity contribution is -0.117. The number of amides is 1. The molecule has 142 valence electrons. The zero-order valence-corrected chi connectivity index (χ0v) is 16.2. The van der Waals surface area contributed by atoms with E-state index in [4.69, 9.17) is 9.15 Å². The average molecular weight is 394 g/mol. The molecule has 1 amide bonds. The molecule has 3 aromatic rings. The van der Waals surface area contributed by atoms with Crippen molar-refractivity contribution in [3.8, 4) is 17.1 Å². The normalized spacial score (nSPS) is 15.6. The lowest BCUT2D eigenvalue weighted by atomic mass is 10.1. The highest BCUT2D eigenvalue weighted by Gasteiger charge is 2.32. The van der Waals surface area contributed by atoms with E-state index in [1.165, 1.54) is 18.7 Å². The van der Waals surface area contributed by atoms with Crippen molar-refractivity contribution in [3.05, 3.63) is 54.5 Å². The maximum absolute atomic E-state index is 12.5. The van der Waals surface area contributed by atoms with Crippen molar-refractivity contribution in [2.75, 3.05) is 10.7 Å². The summed E-state index contributed by atoms with van der Waals surface area (Å²) < 4.78 is 11.5. The fourth-order valence-electron chi connectivity index (χ4n) is 2.96. The number of ether oxygens (including phenoxy) is 1. The number of fused-ring (bicyclic) bond motifs is 3. The number of nitrogens with zero attached hydrogens (tertiary/aromatic N) is 4. The fraction of sp³-hybridized carbons (Fsp3) is 0.200. The van der Waals surface area contributed by atoms with Crippen LogP contribution in [0.15, 0.2) is 58.3 Å². The third kappa shape index (κ3) is 3.50. The van der Waals surface area contributed by atoms with Gasteiger partial charge >= 0.3 is 0 Å². The van der Waals surface area contributed by atoms with Gasteiger partial charge in [0.15, 0.2) is 5.69 Å². The lowest BCUT2D eigenvalue weighted by Gasteiger charge is -2.27. The number of anilines is 1. The van der Waals surface area contributed by atoms with Gasteiger partial charge in [-0.15, -0.1) is 10.2 Å². The van der Waals surface area contributed by atoms with Gasteiger partial charge in [-0.1, -0.05) is 36.9 Å². The van der Waals surface area contributed by atoms with Crippen molar-refractivity contribution in [2.24, 2.45) is 0 Å². The Morgan fingerprint density at radius 1 is 1.25 bits per heavy atom. The van der Waals surface area contributed by atoms with E-state index in [0.717, 1.165) is 11.3 Å². The largest absolute Gasteiger partial charge is 0.465 e. The van der Waals surface area contributed by atoms with Gasteiger partial charge in [0.2, 0.25) is 23.2 Å². The first-order valence-electron chi connectivity index (χ1n) is 8.82. The summed E-state index contributed by atoms with van der Waals surface area (Å²) in [4.78, 5) is 18.6. The maximum Gasteiger partial charge on any atom is 0.247 e. The summed E-state index contributed by atoms with van der Waals surface area (Å²) in [5, 5.41) is 9.06. The number of furan rings is 1. The summed E-state index contributed by atoms with van der Waals surface area (Å²) in [7, 11) is 0. The number of benzene rings is 1. The third-order valence-electron chi connectivity index (χ3n) is 4.12. The number of carbonyl (C=O) groups is 1. The van der Waals surface area contributed by atoms with Crippen LogP contribution < -0.4 is 9.64 Å². The van der Waals surface area contributed by atoms with E-state index in [1.54, 1.807) is 29.4 Å². The van der Waals surface area contributed by atoms with Crippen LogP contribution in [0.1, 0.15) is 19.6 Å². The van der Waals surface area contributed by atoms with Crippen LogP contribution >= 0.6 is 11.8 Å². The number of rotatable bonds is 4. The zero-order chi connectivity index (χ0) is 19.5. The van der Waals surface area contributed by atoms with Gasteiger partial charge < -0.3 is 9.15 Å². The molecule has 3 heterocycles. The van der Waals surface area contributed by atoms with Crippen LogP contribution in [0.3, 0.4) is 0 Å². The van der Waals surface area contributed by atoms with E-state index < -0.39 is 6.23 Å². The first kappa shape index (κ1) is 18.2. The van der Waals surface area contributed by atoms with Crippen LogP contribution in [0.25, 0.3) is 17.3 Å². The van der Waals surface area contributed by atoms with Gasteiger partial charge in [-0.3, -0.25) is 9.69 Å². The van der Waals surface area contributed by atoms with E-state index in [0.29, 0.717) is 28.2 Å². The average Bonchev–Trinajstić information content (AvgIpc) is 3.16. The van der Waals surface area contributed by atoms with Gasteiger partial charge in [0.1, 0.15) is 5.76 Å². The molecule has 0 unspecified atom stereocenters. The van der Waals surface area contributed by atoms with Crippen molar-refractivity contribution in [2.45, 2.75) is 25.2 Å². The Morgan fingerprint density at radius 3 is 2.86 bits per heavy atom. The Hall–Kier alpha value is -3.13. The molecule has 1 aromatic carbocycles. The van der Waals surface area contributed by atoms with Crippen molar-refractivity contribution >= 4 is 29.4 Å². The van der Waals surface area contributed by atoms with E-state index in [9.17, 15) is 4.79 Å². The molecule has 8 heteroatoms. The minimum atomic E-state index is -0.707. The molecule has 0 bridgehead atoms. The van der Waals surface area contributed by atoms with Gasteiger partial charge in [0.05, 0.1) is 12.0 Å². The molecule has 7 nitrogen and oxygen atoms in total. The molecule has 1 aliphatic rings. The molecule has 1 aliphatic heterocycles. The van der Waals surface area contributed by atoms with Crippen molar-refractivity contribution in [1.82, 2.24) is 15.2 Å². The minimum Gasteiger partial charge on any atom is -0.465 e. The summed E-state index contributed by atoms with van der Waals surface area (Å²) in [6, 6.07) is 11.1. The number of thioether (sulfide) groups is 1.